The van der Waals surface area contributed by atoms with Gasteiger partial charge in [-0.15, -0.1) is 0 Å². The van der Waals surface area contributed by atoms with E-state index in [0.29, 0.717) is 22.6 Å². The number of para-hydroxylation sites is 1. The summed E-state index contributed by atoms with van der Waals surface area (Å²) in [6.45, 7) is 2.80. The number of carbonyl (C=O) groups is 2. The number of nitrogens with zero attached hydrogens (tertiary/aromatic N) is 1. The van der Waals surface area contributed by atoms with E-state index in [1.54, 1.807) is 30.3 Å². The molecule has 8 nitrogen and oxygen atoms in total. The Bertz CT molecular complexity index is 1470. The monoisotopic (exact) mass is 472 g/mol. The fourth-order valence-electron chi connectivity index (χ4n) is 4.95. The first-order valence-corrected chi connectivity index (χ1v) is 11.8. The van der Waals surface area contributed by atoms with Crippen LogP contribution in [-0.2, 0) is 6.54 Å². The smallest absolute Gasteiger partial charge is 0.271 e. The van der Waals surface area contributed by atoms with Crippen molar-refractivity contribution in [3.8, 4) is 5.75 Å². The van der Waals surface area contributed by atoms with Gasteiger partial charge in [0.15, 0.2) is 11.5 Å². The second kappa shape index (κ2) is 9.38. The standard InChI is InChI=1S/C27H28N4O4/c1-16-14-18(12-13-28-16)29-26(33)24-25(35-2)22-23(30-24)19-10-6-7-11-20(19)31(27(22)34)15-21(32)17-8-4-3-5-9-17/h3-11,16,18,28,30H,12-15H2,1-2H3,(H,29,33). The van der Waals surface area contributed by atoms with Crippen molar-refractivity contribution in [2.75, 3.05) is 13.7 Å². The molecule has 2 unspecified atom stereocenters. The molecule has 1 fully saturated rings. The van der Waals surface area contributed by atoms with Crippen molar-refractivity contribution < 1.29 is 14.3 Å². The molecule has 0 spiro atoms. The third-order valence-electron chi connectivity index (χ3n) is 6.66. The number of ether oxygens (including phenoxy) is 1. The summed E-state index contributed by atoms with van der Waals surface area (Å²) in [5.41, 5.74) is 1.49. The highest BCUT2D eigenvalue weighted by Crippen LogP contribution is 2.32. The first-order chi connectivity index (χ1) is 17.0. The van der Waals surface area contributed by atoms with Crippen LogP contribution in [0, 0.1) is 0 Å². The van der Waals surface area contributed by atoms with Gasteiger partial charge in [0.25, 0.3) is 11.5 Å². The molecule has 2 atom stereocenters. The van der Waals surface area contributed by atoms with E-state index in [4.69, 9.17) is 4.74 Å². The van der Waals surface area contributed by atoms with E-state index in [0.717, 1.165) is 24.8 Å². The Hall–Kier alpha value is -3.91. The molecule has 35 heavy (non-hydrogen) atoms. The Kier molecular flexibility index (Phi) is 6.13. The number of hydrogen-bond donors (Lipinski definition) is 3. The topological polar surface area (TPSA) is 105 Å². The Morgan fingerprint density at radius 2 is 1.86 bits per heavy atom. The molecule has 180 valence electrons. The second-order valence-electron chi connectivity index (χ2n) is 9.03. The first kappa shape index (κ1) is 22.9. The maximum atomic E-state index is 13.7. The molecule has 0 aliphatic carbocycles. The predicted molar refractivity (Wildman–Crippen MR) is 135 cm³/mol. The van der Waals surface area contributed by atoms with Gasteiger partial charge in [-0.25, -0.2) is 0 Å². The molecule has 3 heterocycles. The number of amides is 1. The molecule has 8 heteroatoms. The van der Waals surface area contributed by atoms with Crippen LogP contribution in [0.4, 0.5) is 0 Å². The van der Waals surface area contributed by atoms with Crippen molar-refractivity contribution in [1.29, 1.82) is 0 Å². The van der Waals surface area contributed by atoms with Crippen LogP contribution in [0.3, 0.4) is 0 Å². The molecule has 5 rings (SSSR count). The summed E-state index contributed by atoms with van der Waals surface area (Å²) < 4.78 is 7.06. The minimum absolute atomic E-state index is 0.0340. The lowest BCUT2D eigenvalue weighted by Gasteiger charge is -2.28. The number of hydrogen-bond acceptors (Lipinski definition) is 5. The summed E-state index contributed by atoms with van der Waals surface area (Å²) in [5.74, 6) is -0.298. The summed E-state index contributed by atoms with van der Waals surface area (Å²) in [6, 6.07) is 16.6. The van der Waals surface area contributed by atoms with Crippen LogP contribution < -0.4 is 20.9 Å². The van der Waals surface area contributed by atoms with Crippen molar-refractivity contribution in [1.82, 2.24) is 20.2 Å². The Balaban J connectivity index is 1.62. The maximum Gasteiger partial charge on any atom is 0.271 e. The van der Waals surface area contributed by atoms with E-state index < -0.39 is 0 Å². The lowest BCUT2D eigenvalue weighted by Crippen LogP contribution is -2.46. The molecular formula is C27H28N4O4. The predicted octanol–water partition coefficient (Wildman–Crippen LogP) is 3.24. The SMILES string of the molecule is COc1c(C(=O)NC2CCNC(C)C2)[nH]c2c1c(=O)n(CC(=O)c1ccccc1)c1ccccc21. The molecule has 1 aliphatic rings. The first-order valence-electron chi connectivity index (χ1n) is 11.8. The van der Waals surface area contributed by atoms with Crippen molar-refractivity contribution in [3.63, 3.8) is 0 Å². The minimum atomic E-state index is -0.384. The van der Waals surface area contributed by atoms with Gasteiger partial charge in [0.2, 0.25) is 0 Å². The average molecular weight is 473 g/mol. The van der Waals surface area contributed by atoms with Gasteiger partial charge in [-0.2, -0.15) is 0 Å². The third-order valence-corrected chi connectivity index (χ3v) is 6.66. The van der Waals surface area contributed by atoms with Gasteiger partial charge in [0, 0.05) is 23.0 Å². The largest absolute Gasteiger partial charge is 0.493 e. The van der Waals surface area contributed by atoms with Gasteiger partial charge < -0.3 is 20.4 Å². The quantitative estimate of drug-likeness (QED) is 0.374. The summed E-state index contributed by atoms with van der Waals surface area (Å²) in [5, 5.41) is 7.45. The molecule has 4 aromatic rings. The van der Waals surface area contributed by atoms with E-state index >= 15 is 0 Å². The number of Topliss-reactive ketones (excluding diaryl/α,β-unsaturated/α-hetero) is 1. The van der Waals surface area contributed by atoms with Crippen molar-refractivity contribution in [3.05, 3.63) is 76.2 Å². The van der Waals surface area contributed by atoms with Gasteiger partial charge in [0.05, 0.1) is 24.7 Å². The Morgan fingerprint density at radius 3 is 2.60 bits per heavy atom. The number of methoxy groups -OCH3 is 1. The third kappa shape index (κ3) is 4.21. The van der Waals surface area contributed by atoms with Crippen LogP contribution in [-0.4, -0.2) is 47.0 Å². The highest BCUT2D eigenvalue weighted by atomic mass is 16.5. The minimum Gasteiger partial charge on any atom is -0.493 e. The number of rotatable bonds is 6. The van der Waals surface area contributed by atoms with E-state index in [9.17, 15) is 14.4 Å². The Morgan fingerprint density at radius 1 is 1.11 bits per heavy atom. The molecule has 0 bridgehead atoms. The highest BCUT2D eigenvalue weighted by molar-refractivity contribution is 6.11. The number of aromatic nitrogens is 2. The number of pyridine rings is 1. The molecule has 0 radical (unpaired) electrons. The van der Waals surface area contributed by atoms with Crippen LogP contribution in [0.5, 0.6) is 5.75 Å². The fourth-order valence-corrected chi connectivity index (χ4v) is 4.95. The summed E-state index contributed by atoms with van der Waals surface area (Å²) >= 11 is 0. The summed E-state index contributed by atoms with van der Waals surface area (Å²) in [6.07, 6.45) is 1.65. The van der Waals surface area contributed by atoms with Crippen LogP contribution in [0.1, 0.15) is 40.6 Å². The number of fused-ring (bicyclic) bond motifs is 3. The highest BCUT2D eigenvalue weighted by Gasteiger charge is 2.27. The lowest BCUT2D eigenvalue weighted by molar-refractivity contribution is 0.0917. The van der Waals surface area contributed by atoms with E-state index in [1.807, 2.05) is 24.3 Å². The van der Waals surface area contributed by atoms with Crippen molar-refractivity contribution in [2.24, 2.45) is 0 Å². The van der Waals surface area contributed by atoms with Crippen LogP contribution >= 0.6 is 0 Å². The number of H-pyrrole nitrogens is 1. The fraction of sp³-hybridized carbons (Fsp3) is 0.296. The van der Waals surface area contributed by atoms with Crippen LogP contribution in [0.15, 0.2) is 59.4 Å². The number of piperidine rings is 1. The maximum absolute atomic E-state index is 13.7. The van der Waals surface area contributed by atoms with Gasteiger partial charge in [-0.05, 0) is 32.4 Å². The number of benzene rings is 2. The molecular weight excluding hydrogens is 444 g/mol. The number of nitrogens with one attached hydrogen (secondary N) is 3. The summed E-state index contributed by atoms with van der Waals surface area (Å²) in [4.78, 5) is 43.1. The normalized spacial score (nSPS) is 18.0. The van der Waals surface area contributed by atoms with E-state index in [-0.39, 0.29) is 46.7 Å². The van der Waals surface area contributed by atoms with Gasteiger partial charge in [-0.3, -0.25) is 19.0 Å². The number of carbonyl (C=O) groups excluding carboxylic acids is 2. The molecule has 0 saturated carbocycles. The van der Waals surface area contributed by atoms with Crippen molar-refractivity contribution in [2.45, 2.75) is 38.4 Å². The zero-order chi connectivity index (χ0) is 24.5. The van der Waals surface area contributed by atoms with Gasteiger partial charge in [-0.1, -0.05) is 48.5 Å². The molecule has 1 amide bonds. The average Bonchev–Trinajstić information content (AvgIpc) is 3.27. The molecule has 3 N–H and O–H groups in total. The molecule has 1 aliphatic heterocycles. The number of ketones is 1. The summed E-state index contributed by atoms with van der Waals surface area (Å²) in [7, 11) is 1.44. The zero-order valence-electron chi connectivity index (χ0n) is 19.8. The van der Waals surface area contributed by atoms with Crippen LogP contribution in [0.25, 0.3) is 21.8 Å². The van der Waals surface area contributed by atoms with Gasteiger partial charge in [0.1, 0.15) is 11.1 Å². The van der Waals surface area contributed by atoms with Gasteiger partial charge >= 0.3 is 0 Å². The van der Waals surface area contributed by atoms with Crippen molar-refractivity contribution >= 4 is 33.5 Å². The van der Waals surface area contributed by atoms with E-state index in [2.05, 4.69) is 22.5 Å². The number of aromatic amines is 1. The van der Waals surface area contributed by atoms with Crippen LogP contribution in [0.2, 0.25) is 0 Å². The zero-order valence-corrected chi connectivity index (χ0v) is 19.8. The molecule has 2 aromatic heterocycles. The lowest BCUT2D eigenvalue weighted by atomic mass is 10.0. The van der Waals surface area contributed by atoms with E-state index in [1.165, 1.54) is 11.7 Å². The Labute approximate surface area is 202 Å². The molecule has 1 saturated heterocycles. The second-order valence-corrected chi connectivity index (χ2v) is 9.03. The molecule has 2 aromatic carbocycles.